The molecule has 0 radical (unpaired) electrons. The molecule has 1 saturated heterocycles. The molecule has 24 heavy (non-hydrogen) atoms. The van der Waals surface area contributed by atoms with Crippen LogP contribution in [0.5, 0.6) is 0 Å². The Kier molecular flexibility index (Phi) is 5.09. The first-order chi connectivity index (χ1) is 11.6. The van der Waals surface area contributed by atoms with Crippen LogP contribution in [0.25, 0.3) is 0 Å². The minimum absolute atomic E-state index is 0.0477. The van der Waals surface area contributed by atoms with Crippen molar-refractivity contribution in [2.75, 3.05) is 26.2 Å². The minimum Gasteiger partial charge on any atom is -0.373 e. The standard InChI is InChI=1S/C19H28FN3O/c1-3-21-17(22-13-18(2)8-5-11-24-18)23-14-19(9-10-19)15-6-4-7-16(20)12-15/h4,6-7,12H,3,5,8-11,13-14H2,1-2H3,(H2,21,22,23). The summed E-state index contributed by atoms with van der Waals surface area (Å²) in [5, 5.41) is 6.74. The normalized spacial score (nSPS) is 25.5. The largest absolute Gasteiger partial charge is 0.373 e. The van der Waals surface area contributed by atoms with Gasteiger partial charge in [-0.05, 0) is 57.2 Å². The van der Waals surface area contributed by atoms with Crippen LogP contribution in [0.1, 0.15) is 45.1 Å². The number of benzene rings is 1. The third-order valence-electron chi connectivity index (χ3n) is 5.10. The van der Waals surface area contributed by atoms with Gasteiger partial charge in [0.15, 0.2) is 5.96 Å². The maximum Gasteiger partial charge on any atom is 0.191 e. The molecule has 4 nitrogen and oxygen atoms in total. The zero-order valence-corrected chi connectivity index (χ0v) is 14.7. The van der Waals surface area contributed by atoms with Crippen molar-refractivity contribution in [1.82, 2.24) is 10.6 Å². The summed E-state index contributed by atoms with van der Waals surface area (Å²) in [6.45, 7) is 7.27. The molecule has 1 atom stereocenters. The number of ether oxygens (including phenoxy) is 1. The first-order valence-corrected chi connectivity index (χ1v) is 8.97. The van der Waals surface area contributed by atoms with Gasteiger partial charge in [-0.25, -0.2) is 4.39 Å². The summed E-state index contributed by atoms with van der Waals surface area (Å²) in [6.07, 6.45) is 4.34. The highest BCUT2D eigenvalue weighted by Crippen LogP contribution is 2.47. The van der Waals surface area contributed by atoms with E-state index in [9.17, 15) is 4.39 Å². The summed E-state index contributed by atoms with van der Waals surface area (Å²) in [7, 11) is 0. The number of hydrogen-bond acceptors (Lipinski definition) is 2. The van der Waals surface area contributed by atoms with Gasteiger partial charge >= 0.3 is 0 Å². The lowest BCUT2D eigenvalue weighted by Crippen LogP contribution is -2.42. The highest BCUT2D eigenvalue weighted by molar-refractivity contribution is 5.80. The fourth-order valence-corrected chi connectivity index (χ4v) is 3.34. The number of aliphatic imine (C=N–C) groups is 1. The SMILES string of the molecule is CCNC(=NCC1(C)CCCO1)NCC1(c2cccc(F)c2)CC1. The van der Waals surface area contributed by atoms with Gasteiger partial charge in [0.1, 0.15) is 5.82 Å². The van der Waals surface area contributed by atoms with Crippen LogP contribution in [0.2, 0.25) is 0 Å². The van der Waals surface area contributed by atoms with Gasteiger partial charge in [-0.3, -0.25) is 4.99 Å². The Hall–Kier alpha value is -1.62. The Morgan fingerprint density at radius 3 is 2.75 bits per heavy atom. The van der Waals surface area contributed by atoms with E-state index in [1.807, 2.05) is 6.07 Å². The summed E-state index contributed by atoms with van der Waals surface area (Å²) in [6, 6.07) is 6.98. The van der Waals surface area contributed by atoms with E-state index in [0.717, 1.165) is 56.9 Å². The maximum atomic E-state index is 13.5. The van der Waals surface area contributed by atoms with Crippen LogP contribution in [-0.4, -0.2) is 37.8 Å². The first kappa shape index (κ1) is 17.2. The van der Waals surface area contributed by atoms with Crippen molar-refractivity contribution in [3.8, 4) is 0 Å². The average molecular weight is 333 g/mol. The Balaban J connectivity index is 1.61. The monoisotopic (exact) mass is 333 g/mol. The highest BCUT2D eigenvalue weighted by Gasteiger charge is 2.44. The third kappa shape index (κ3) is 4.07. The zero-order valence-electron chi connectivity index (χ0n) is 14.7. The third-order valence-corrected chi connectivity index (χ3v) is 5.10. The van der Waals surface area contributed by atoms with Crippen molar-refractivity contribution in [3.05, 3.63) is 35.6 Å². The van der Waals surface area contributed by atoms with Gasteiger partial charge in [-0.15, -0.1) is 0 Å². The van der Waals surface area contributed by atoms with Crippen molar-refractivity contribution < 1.29 is 9.13 Å². The maximum absolute atomic E-state index is 13.5. The van der Waals surface area contributed by atoms with Gasteiger partial charge in [0.05, 0.1) is 12.1 Å². The Morgan fingerprint density at radius 1 is 1.29 bits per heavy atom. The van der Waals surface area contributed by atoms with Crippen LogP contribution in [0.3, 0.4) is 0 Å². The van der Waals surface area contributed by atoms with Crippen molar-refractivity contribution >= 4 is 5.96 Å². The molecule has 0 amide bonds. The van der Waals surface area contributed by atoms with E-state index >= 15 is 0 Å². The van der Waals surface area contributed by atoms with Crippen LogP contribution < -0.4 is 10.6 Å². The van der Waals surface area contributed by atoms with Gasteiger partial charge in [0.25, 0.3) is 0 Å². The Morgan fingerprint density at radius 2 is 2.12 bits per heavy atom. The molecule has 1 aromatic rings. The fourth-order valence-electron chi connectivity index (χ4n) is 3.34. The lowest BCUT2D eigenvalue weighted by molar-refractivity contribution is 0.0283. The molecule has 1 saturated carbocycles. The Bertz CT molecular complexity index is 592. The zero-order chi connectivity index (χ0) is 17.0. The predicted molar refractivity (Wildman–Crippen MR) is 94.9 cm³/mol. The first-order valence-electron chi connectivity index (χ1n) is 8.97. The van der Waals surface area contributed by atoms with E-state index in [1.165, 1.54) is 6.07 Å². The molecule has 1 aliphatic heterocycles. The number of hydrogen-bond donors (Lipinski definition) is 2. The predicted octanol–water partition coefficient (Wildman–Crippen LogP) is 2.98. The van der Waals surface area contributed by atoms with Gasteiger partial charge in [0.2, 0.25) is 0 Å². The summed E-state index contributed by atoms with van der Waals surface area (Å²) in [5.41, 5.74) is 0.991. The Labute approximate surface area is 143 Å². The van der Waals surface area contributed by atoms with E-state index in [4.69, 9.17) is 9.73 Å². The van der Waals surface area contributed by atoms with Crippen molar-refractivity contribution in [1.29, 1.82) is 0 Å². The topological polar surface area (TPSA) is 45.7 Å². The number of guanidine groups is 1. The molecule has 1 aromatic carbocycles. The molecular weight excluding hydrogens is 305 g/mol. The average Bonchev–Trinajstić information content (AvgIpc) is 3.25. The molecule has 2 fully saturated rings. The lowest BCUT2D eigenvalue weighted by atomic mass is 9.96. The van der Waals surface area contributed by atoms with Crippen LogP contribution >= 0.6 is 0 Å². The molecule has 0 bridgehead atoms. The van der Waals surface area contributed by atoms with E-state index in [-0.39, 0.29) is 16.8 Å². The van der Waals surface area contributed by atoms with Crippen LogP contribution in [0.4, 0.5) is 4.39 Å². The second-order valence-electron chi connectivity index (χ2n) is 7.24. The van der Waals surface area contributed by atoms with Crippen LogP contribution in [0.15, 0.2) is 29.3 Å². The molecule has 2 aliphatic rings. The fraction of sp³-hybridized carbons (Fsp3) is 0.632. The summed E-state index contributed by atoms with van der Waals surface area (Å²) in [4.78, 5) is 4.70. The lowest BCUT2D eigenvalue weighted by Gasteiger charge is -2.23. The second-order valence-corrected chi connectivity index (χ2v) is 7.24. The number of halogens is 1. The molecular formula is C19H28FN3O. The highest BCUT2D eigenvalue weighted by atomic mass is 19.1. The summed E-state index contributed by atoms with van der Waals surface area (Å²) >= 11 is 0. The summed E-state index contributed by atoms with van der Waals surface area (Å²) < 4.78 is 19.3. The molecule has 1 unspecified atom stereocenters. The minimum atomic E-state index is -0.161. The van der Waals surface area contributed by atoms with Gasteiger partial charge in [-0.1, -0.05) is 12.1 Å². The number of nitrogens with one attached hydrogen (secondary N) is 2. The van der Waals surface area contributed by atoms with Crippen molar-refractivity contribution in [2.24, 2.45) is 4.99 Å². The van der Waals surface area contributed by atoms with E-state index in [0.29, 0.717) is 6.54 Å². The quantitative estimate of drug-likeness (QED) is 0.621. The number of nitrogens with zero attached hydrogens (tertiary/aromatic N) is 1. The molecule has 1 heterocycles. The smallest absolute Gasteiger partial charge is 0.191 e. The molecule has 132 valence electrons. The van der Waals surface area contributed by atoms with Gasteiger partial charge in [-0.2, -0.15) is 0 Å². The number of rotatable bonds is 6. The second kappa shape index (κ2) is 7.09. The van der Waals surface area contributed by atoms with E-state index in [2.05, 4.69) is 24.5 Å². The molecule has 0 aromatic heterocycles. The van der Waals surface area contributed by atoms with E-state index < -0.39 is 0 Å². The molecule has 1 aliphatic carbocycles. The molecule has 2 N–H and O–H groups in total. The summed E-state index contributed by atoms with van der Waals surface area (Å²) in [5.74, 6) is 0.655. The molecule has 0 spiro atoms. The van der Waals surface area contributed by atoms with Crippen molar-refractivity contribution in [2.45, 2.75) is 50.5 Å². The molecule has 5 heteroatoms. The van der Waals surface area contributed by atoms with Crippen LogP contribution in [-0.2, 0) is 10.2 Å². The molecule has 3 rings (SSSR count). The van der Waals surface area contributed by atoms with Gasteiger partial charge in [0, 0.05) is 25.1 Å². The van der Waals surface area contributed by atoms with Crippen LogP contribution in [0, 0.1) is 5.82 Å². The van der Waals surface area contributed by atoms with Gasteiger partial charge < -0.3 is 15.4 Å². The van der Waals surface area contributed by atoms with Crippen molar-refractivity contribution in [3.63, 3.8) is 0 Å². The van der Waals surface area contributed by atoms with E-state index in [1.54, 1.807) is 12.1 Å².